The molecule has 1 aliphatic heterocycles. The number of phenols is 1. The molecule has 6 heteroatoms. The quantitative estimate of drug-likeness (QED) is 0.613. The molecular formula is C22H28N4O2. The Kier molecular flexibility index (Phi) is 5.78. The van der Waals surface area contributed by atoms with Crippen molar-refractivity contribution in [2.75, 3.05) is 12.3 Å². The number of hydrogen-bond donors (Lipinski definition) is 4. The van der Waals surface area contributed by atoms with Gasteiger partial charge in [0.15, 0.2) is 0 Å². The number of H-pyrrole nitrogens is 1. The van der Waals surface area contributed by atoms with Crippen LogP contribution in [0.3, 0.4) is 0 Å². The maximum atomic E-state index is 11.2. The second-order valence-corrected chi connectivity index (χ2v) is 7.44. The van der Waals surface area contributed by atoms with Crippen LogP contribution in [-0.2, 0) is 4.79 Å². The van der Waals surface area contributed by atoms with Crippen LogP contribution in [0.4, 0.5) is 5.82 Å². The van der Waals surface area contributed by atoms with E-state index in [2.05, 4.69) is 11.6 Å². The van der Waals surface area contributed by atoms with Gasteiger partial charge < -0.3 is 26.5 Å². The standard InChI is InChI=1S/C13H15N3O.C9H13NO/c1-8-7-16-13(15)10(8)6-11(14)9-4-2-3-5-12(9)17;1-2-9(11)10-6-7-3-4-8(10)5-7/h2-7,16-17H,14-15H2,1H3;2,7-8H,1,3-6H2/b11-6-;/t;7?,8-/m.0/s1. The van der Waals surface area contributed by atoms with Gasteiger partial charge in [-0.05, 0) is 62.0 Å². The fraction of sp³-hybridized carbons (Fsp3) is 0.318. The van der Waals surface area contributed by atoms with Crippen LogP contribution in [-0.4, -0.2) is 33.5 Å². The molecule has 148 valence electrons. The molecule has 1 aromatic heterocycles. The molecule has 28 heavy (non-hydrogen) atoms. The molecule has 0 radical (unpaired) electrons. The van der Waals surface area contributed by atoms with Crippen LogP contribution in [0, 0.1) is 12.8 Å². The lowest BCUT2D eigenvalue weighted by atomic mass is 10.1. The molecule has 1 aromatic carbocycles. The van der Waals surface area contributed by atoms with Crippen LogP contribution < -0.4 is 11.5 Å². The van der Waals surface area contributed by atoms with Crippen molar-refractivity contribution >= 4 is 23.5 Å². The monoisotopic (exact) mass is 380 g/mol. The number of phenolic OH excluding ortho intramolecular Hbond substituents is 1. The fourth-order valence-corrected chi connectivity index (χ4v) is 4.01. The Bertz CT molecular complexity index is 880. The molecule has 2 fully saturated rings. The Hall–Kier alpha value is -3.15. The normalized spacial score (nSPS) is 20.6. The first kappa shape index (κ1) is 19.6. The second-order valence-electron chi connectivity index (χ2n) is 7.44. The van der Waals surface area contributed by atoms with E-state index in [0.29, 0.717) is 23.1 Å². The van der Waals surface area contributed by atoms with Gasteiger partial charge in [-0.2, -0.15) is 0 Å². The van der Waals surface area contributed by atoms with Crippen LogP contribution >= 0.6 is 0 Å². The lowest BCUT2D eigenvalue weighted by Crippen LogP contribution is -2.36. The van der Waals surface area contributed by atoms with E-state index in [9.17, 15) is 9.90 Å². The van der Waals surface area contributed by atoms with Crippen molar-refractivity contribution < 1.29 is 9.90 Å². The van der Waals surface area contributed by atoms with Crippen molar-refractivity contribution in [3.05, 3.63) is 59.8 Å². The largest absolute Gasteiger partial charge is 0.507 e. The van der Waals surface area contributed by atoms with E-state index in [1.54, 1.807) is 24.3 Å². The summed E-state index contributed by atoms with van der Waals surface area (Å²) in [6, 6.07) is 7.49. The number of likely N-dealkylation sites (tertiary alicyclic amines) is 1. The number of amides is 1. The van der Waals surface area contributed by atoms with Gasteiger partial charge in [0.25, 0.3) is 0 Å². The van der Waals surface area contributed by atoms with Crippen LogP contribution in [0.25, 0.3) is 11.8 Å². The lowest BCUT2D eigenvalue weighted by molar-refractivity contribution is -0.127. The summed E-state index contributed by atoms with van der Waals surface area (Å²) in [5, 5.41) is 9.69. The maximum absolute atomic E-state index is 11.2. The third-order valence-electron chi connectivity index (χ3n) is 5.54. The molecule has 6 nitrogen and oxygen atoms in total. The van der Waals surface area contributed by atoms with Crippen LogP contribution in [0.2, 0.25) is 0 Å². The predicted octanol–water partition coefficient (Wildman–Crippen LogP) is 3.25. The first-order chi connectivity index (χ1) is 13.4. The molecule has 1 saturated carbocycles. The zero-order valence-corrected chi connectivity index (χ0v) is 16.2. The van der Waals surface area contributed by atoms with Gasteiger partial charge in [-0.15, -0.1) is 0 Å². The summed E-state index contributed by atoms with van der Waals surface area (Å²) in [7, 11) is 0. The molecule has 2 heterocycles. The van der Waals surface area contributed by atoms with Gasteiger partial charge in [-0.3, -0.25) is 4.79 Å². The number of aryl methyl sites for hydroxylation is 1. The molecule has 6 N–H and O–H groups in total. The van der Waals surface area contributed by atoms with E-state index in [-0.39, 0.29) is 11.7 Å². The third-order valence-corrected chi connectivity index (χ3v) is 5.54. The van der Waals surface area contributed by atoms with Crippen molar-refractivity contribution in [3.63, 3.8) is 0 Å². The Morgan fingerprint density at radius 2 is 2.11 bits per heavy atom. The molecule has 2 aromatic rings. The Morgan fingerprint density at radius 1 is 1.36 bits per heavy atom. The first-order valence-corrected chi connectivity index (χ1v) is 9.52. The summed E-state index contributed by atoms with van der Waals surface area (Å²) in [4.78, 5) is 16.1. The van der Waals surface area contributed by atoms with Crippen molar-refractivity contribution in [2.45, 2.75) is 32.2 Å². The summed E-state index contributed by atoms with van der Waals surface area (Å²) in [6.07, 6.45) is 8.78. The molecule has 4 rings (SSSR count). The molecule has 2 aliphatic rings. The average molecular weight is 380 g/mol. The number of carbonyl (C=O) groups is 1. The number of nitrogens with one attached hydrogen (secondary N) is 1. The average Bonchev–Trinajstić information content (AvgIpc) is 3.40. The van der Waals surface area contributed by atoms with Crippen molar-refractivity contribution in [2.24, 2.45) is 11.7 Å². The van der Waals surface area contributed by atoms with Crippen molar-refractivity contribution in [1.82, 2.24) is 9.88 Å². The van der Waals surface area contributed by atoms with Crippen LogP contribution in [0.15, 0.2) is 43.1 Å². The number of nitrogen functional groups attached to an aromatic ring is 1. The number of anilines is 1. The highest BCUT2D eigenvalue weighted by Crippen LogP contribution is 2.37. The minimum atomic E-state index is 0.122. The molecule has 1 amide bonds. The number of benzene rings is 1. The van der Waals surface area contributed by atoms with E-state index >= 15 is 0 Å². The molecule has 2 atom stereocenters. The molecule has 2 bridgehead atoms. The number of rotatable bonds is 3. The summed E-state index contributed by atoms with van der Waals surface area (Å²) in [5.41, 5.74) is 14.7. The van der Waals surface area contributed by atoms with Crippen molar-refractivity contribution in [3.8, 4) is 5.75 Å². The summed E-state index contributed by atoms with van der Waals surface area (Å²) in [6.45, 7) is 6.42. The number of para-hydroxylation sites is 1. The zero-order valence-electron chi connectivity index (χ0n) is 16.2. The van der Waals surface area contributed by atoms with Gasteiger partial charge >= 0.3 is 0 Å². The van der Waals surface area contributed by atoms with Gasteiger partial charge in [0.2, 0.25) is 5.91 Å². The van der Waals surface area contributed by atoms with Gasteiger partial charge in [0.05, 0.1) is 0 Å². The van der Waals surface area contributed by atoms with E-state index in [0.717, 1.165) is 23.6 Å². The first-order valence-electron chi connectivity index (χ1n) is 9.52. The lowest BCUT2D eigenvalue weighted by Gasteiger charge is -2.25. The summed E-state index contributed by atoms with van der Waals surface area (Å²) < 4.78 is 0. The van der Waals surface area contributed by atoms with Crippen LogP contribution in [0.5, 0.6) is 5.75 Å². The van der Waals surface area contributed by atoms with Gasteiger partial charge in [0.1, 0.15) is 11.6 Å². The number of hydrogen-bond acceptors (Lipinski definition) is 4. The Balaban J connectivity index is 0.000000176. The third kappa shape index (κ3) is 4.06. The number of aromatic nitrogens is 1. The van der Waals surface area contributed by atoms with Crippen LogP contribution in [0.1, 0.15) is 36.0 Å². The Morgan fingerprint density at radius 3 is 2.64 bits per heavy atom. The number of piperidine rings is 1. The smallest absolute Gasteiger partial charge is 0.246 e. The molecule has 0 spiro atoms. The number of carbonyl (C=O) groups excluding carboxylic acids is 1. The minimum absolute atomic E-state index is 0.122. The maximum Gasteiger partial charge on any atom is 0.246 e. The number of aromatic hydroxyl groups is 1. The highest BCUT2D eigenvalue weighted by Gasteiger charge is 2.39. The molecular weight excluding hydrogens is 352 g/mol. The topological polar surface area (TPSA) is 108 Å². The van der Waals surface area contributed by atoms with E-state index < -0.39 is 0 Å². The molecule has 1 unspecified atom stereocenters. The minimum Gasteiger partial charge on any atom is -0.507 e. The SMILES string of the molecule is C=CC(=O)N1CC2CC[C@H]1C2.Cc1c[nH]c(N)c1/C=C(\N)c1ccccc1O. The highest BCUT2D eigenvalue weighted by atomic mass is 16.3. The Labute approximate surface area is 165 Å². The predicted molar refractivity (Wildman–Crippen MR) is 113 cm³/mol. The summed E-state index contributed by atoms with van der Waals surface area (Å²) >= 11 is 0. The number of aromatic amines is 1. The number of nitrogens with two attached hydrogens (primary N) is 2. The highest BCUT2D eigenvalue weighted by molar-refractivity contribution is 5.87. The van der Waals surface area contributed by atoms with E-state index in [1.807, 2.05) is 24.1 Å². The second kappa shape index (κ2) is 8.25. The van der Waals surface area contributed by atoms with Gasteiger partial charge in [0, 0.05) is 35.6 Å². The van der Waals surface area contributed by atoms with Gasteiger partial charge in [-0.1, -0.05) is 18.7 Å². The number of nitrogens with zero attached hydrogens (tertiary/aromatic N) is 1. The summed E-state index contributed by atoms with van der Waals surface area (Å²) in [5.74, 6) is 1.65. The van der Waals surface area contributed by atoms with E-state index in [1.165, 1.54) is 25.3 Å². The van der Waals surface area contributed by atoms with E-state index in [4.69, 9.17) is 11.5 Å². The van der Waals surface area contributed by atoms with Crippen molar-refractivity contribution in [1.29, 1.82) is 0 Å². The number of fused-ring (bicyclic) bond motifs is 2. The zero-order chi connectivity index (χ0) is 20.3. The fourth-order valence-electron chi connectivity index (χ4n) is 4.01. The molecule has 1 aliphatic carbocycles. The van der Waals surface area contributed by atoms with Gasteiger partial charge in [-0.25, -0.2) is 0 Å². The molecule has 1 saturated heterocycles.